The Morgan fingerprint density at radius 2 is 1.88 bits per heavy atom. The number of guanidine groups is 1. The highest BCUT2D eigenvalue weighted by molar-refractivity contribution is 5.95. The van der Waals surface area contributed by atoms with Crippen molar-refractivity contribution in [1.29, 1.82) is 5.26 Å². The van der Waals surface area contributed by atoms with Crippen molar-refractivity contribution in [2.75, 3.05) is 46.0 Å². The second-order valence-corrected chi connectivity index (χ2v) is 8.52. The van der Waals surface area contributed by atoms with Crippen LogP contribution in [-0.2, 0) is 20.8 Å². The minimum absolute atomic E-state index is 0.226. The number of nitrogens with zero attached hydrogens (tertiary/aromatic N) is 4. The third kappa shape index (κ3) is 7.17. The van der Waals surface area contributed by atoms with E-state index in [1.54, 1.807) is 13.8 Å². The van der Waals surface area contributed by atoms with Gasteiger partial charge in [0.2, 0.25) is 11.9 Å². The Morgan fingerprint density at radius 1 is 1.21 bits per heavy atom. The lowest BCUT2D eigenvalue weighted by Gasteiger charge is -2.38. The lowest BCUT2D eigenvalue weighted by atomic mass is 9.88. The Balaban J connectivity index is 1.61. The summed E-state index contributed by atoms with van der Waals surface area (Å²) in [6.07, 6.45) is 0.450. The first-order chi connectivity index (χ1) is 16.4. The fraction of sp³-hybridized carbons (Fsp3) is 0.583. The first-order valence-electron chi connectivity index (χ1n) is 11.8. The topological polar surface area (TPSA) is 119 Å². The van der Waals surface area contributed by atoms with Crippen molar-refractivity contribution in [3.8, 4) is 6.07 Å². The molecule has 2 saturated heterocycles. The first-order valence-corrected chi connectivity index (χ1v) is 11.8. The highest BCUT2D eigenvalue weighted by Gasteiger charge is 2.37. The summed E-state index contributed by atoms with van der Waals surface area (Å²) in [5.74, 6) is -0.0810. The summed E-state index contributed by atoms with van der Waals surface area (Å²) >= 11 is 0. The maximum Gasteiger partial charge on any atom is 0.413 e. The van der Waals surface area contributed by atoms with Crippen molar-refractivity contribution in [3.05, 3.63) is 35.9 Å². The van der Waals surface area contributed by atoms with Crippen LogP contribution < -0.4 is 10.6 Å². The lowest BCUT2D eigenvalue weighted by Crippen LogP contribution is -2.56. The maximum absolute atomic E-state index is 13.0. The van der Waals surface area contributed by atoms with Gasteiger partial charge in [-0.25, -0.2) is 9.79 Å². The van der Waals surface area contributed by atoms with Crippen LogP contribution in [0.25, 0.3) is 0 Å². The van der Waals surface area contributed by atoms with E-state index in [9.17, 15) is 14.9 Å². The van der Waals surface area contributed by atoms with Crippen molar-refractivity contribution in [2.45, 2.75) is 44.8 Å². The van der Waals surface area contributed by atoms with Gasteiger partial charge in [0.05, 0.1) is 25.9 Å². The van der Waals surface area contributed by atoms with Crippen LogP contribution in [0.5, 0.6) is 0 Å². The average Bonchev–Trinajstić information content (AvgIpc) is 2.86. The van der Waals surface area contributed by atoms with Crippen LogP contribution in [0, 0.1) is 11.3 Å². The zero-order valence-corrected chi connectivity index (χ0v) is 20.0. The van der Waals surface area contributed by atoms with Gasteiger partial charge in [-0.3, -0.25) is 15.0 Å². The number of hydrogen-bond donors (Lipinski definition) is 2. The van der Waals surface area contributed by atoms with Crippen molar-refractivity contribution >= 4 is 18.0 Å². The molecule has 2 aliphatic heterocycles. The van der Waals surface area contributed by atoms with E-state index in [2.05, 4.69) is 38.7 Å². The zero-order valence-electron chi connectivity index (χ0n) is 20.0. The summed E-state index contributed by atoms with van der Waals surface area (Å²) in [4.78, 5) is 33.6. The molecule has 0 aliphatic carbocycles. The molecule has 2 heterocycles. The number of carbonyl (C=O) groups excluding carboxylic acids is 2. The molecule has 2 N–H and O–H groups in total. The smallest absolute Gasteiger partial charge is 0.413 e. The molecule has 2 amide bonds. The van der Waals surface area contributed by atoms with Gasteiger partial charge in [0, 0.05) is 32.7 Å². The molecule has 3 rings (SSSR count). The Kier molecular flexibility index (Phi) is 9.24. The van der Waals surface area contributed by atoms with Gasteiger partial charge < -0.3 is 19.7 Å². The lowest BCUT2D eigenvalue weighted by molar-refractivity contribution is -0.123. The van der Waals surface area contributed by atoms with Gasteiger partial charge in [0.25, 0.3) is 0 Å². The number of ether oxygens (including phenoxy) is 2. The van der Waals surface area contributed by atoms with Gasteiger partial charge in [-0.1, -0.05) is 30.3 Å². The maximum atomic E-state index is 13.0. The number of piperidine rings is 1. The number of nitriles is 1. The van der Waals surface area contributed by atoms with Gasteiger partial charge in [0.15, 0.2) is 0 Å². The molecular formula is C24H34N6O4. The number of alkyl carbamates (subject to hydrolysis) is 1. The molecule has 1 aromatic rings. The molecule has 34 heavy (non-hydrogen) atoms. The second-order valence-electron chi connectivity index (χ2n) is 8.52. The van der Waals surface area contributed by atoms with Crippen LogP contribution in [0.1, 0.15) is 32.3 Å². The molecule has 0 bridgehead atoms. The number of nitrogens with one attached hydrogen (secondary N) is 2. The SMILES string of the molecule is CCOC(=O)NC(=NC(C)C(=O)NC1(C#N)CCN(Cc2ccccc2)CC1)N1CCOCC1. The van der Waals surface area contributed by atoms with E-state index in [1.165, 1.54) is 5.56 Å². The van der Waals surface area contributed by atoms with E-state index >= 15 is 0 Å². The van der Waals surface area contributed by atoms with E-state index in [0.29, 0.717) is 52.2 Å². The highest BCUT2D eigenvalue weighted by atomic mass is 16.5. The van der Waals surface area contributed by atoms with Crippen molar-refractivity contribution in [2.24, 2.45) is 4.99 Å². The van der Waals surface area contributed by atoms with Crippen LogP contribution in [0.3, 0.4) is 0 Å². The van der Waals surface area contributed by atoms with Gasteiger partial charge in [-0.05, 0) is 32.3 Å². The molecule has 184 valence electrons. The molecule has 1 unspecified atom stereocenters. The van der Waals surface area contributed by atoms with Crippen molar-refractivity contribution in [3.63, 3.8) is 0 Å². The van der Waals surface area contributed by atoms with E-state index in [0.717, 1.165) is 6.54 Å². The molecule has 0 spiro atoms. The third-order valence-corrected chi connectivity index (χ3v) is 6.03. The minimum atomic E-state index is -0.929. The zero-order chi connectivity index (χ0) is 24.4. The number of likely N-dealkylation sites (tertiary alicyclic amines) is 1. The second kappa shape index (κ2) is 12.3. The van der Waals surface area contributed by atoms with E-state index in [4.69, 9.17) is 9.47 Å². The van der Waals surface area contributed by atoms with Crippen LogP contribution in [0.4, 0.5) is 4.79 Å². The van der Waals surface area contributed by atoms with Crippen molar-refractivity contribution < 1.29 is 19.1 Å². The molecule has 2 fully saturated rings. The van der Waals surface area contributed by atoms with Gasteiger partial charge in [-0.2, -0.15) is 5.26 Å². The van der Waals surface area contributed by atoms with Gasteiger partial charge >= 0.3 is 6.09 Å². The fourth-order valence-corrected chi connectivity index (χ4v) is 4.01. The van der Waals surface area contributed by atoms with Gasteiger partial charge in [-0.15, -0.1) is 0 Å². The Bertz CT molecular complexity index is 886. The molecule has 0 aromatic heterocycles. The number of morpholine rings is 1. The van der Waals surface area contributed by atoms with Crippen LogP contribution in [0.2, 0.25) is 0 Å². The molecule has 2 aliphatic rings. The quantitative estimate of drug-likeness (QED) is 0.477. The molecule has 1 atom stereocenters. The monoisotopic (exact) mass is 470 g/mol. The Hall–Kier alpha value is -3.16. The largest absolute Gasteiger partial charge is 0.450 e. The predicted molar refractivity (Wildman–Crippen MR) is 127 cm³/mol. The summed E-state index contributed by atoms with van der Waals surface area (Å²) in [6, 6.07) is 11.7. The Morgan fingerprint density at radius 3 is 2.50 bits per heavy atom. The molecule has 1 aromatic carbocycles. The third-order valence-electron chi connectivity index (χ3n) is 6.03. The normalized spacial score (nSPS) is 19.6. The summed E-state index contributed by atoms with van der Waals surface area (Å²) in [7, 11) is 0. The average molecular weight is 471 g/mol. The standard InChI is InChI=1S/C24H34N6O4/c1-3-34-23(32)27-22(30-13-15-33-16-14-30)26-19(2)21(31)28-24(18-25)9-11-29(12-10-24)17-20-7-5-4-6-8-20/h4-8,19H,3,9-17H2,1-2H3,(H,28,31)(H,26,27,32). The number of carbonyl (C=O) groups is 2. The van der Waals surface area contributed by atoms with E-state index in [-0.39, 0.29) is 18.5 Å². The first kappa shape index (κ1) is 25.5. The number of hydrogen-bond acceptors (Lipinski definition) is 7. The van der Waals surface area contributed by atoms with E-state index < -0.39 is 17.7 Å². The van der Waals surface area contributed by atoms with Crippen LogP contribution in [-0.4, -0.2) is 85.3 Å². The fourth-order valence-electron chi connectivity index (χ4n) is 4.01. The number of amides is 2. The van der Waals surface area contributed by atoms with Crippen LogP contribution >= 0.6 is 0 Å². The molecule has 10 nitrogen and oxygen atoms in total. The molecule has 10 heteroatoms. The minimum Gasteiger partial charge on any atom is -0.450 e. The van der Waals surface area contributed by atoms with Crippen LogP contribution in [0.15, 0.2) is 35.3 Å². The summed E-state index contributed by atoms with van der Waals surface area (Å²) in [6.45, 7) is 7.92. The Labute approximate surface area is 200 Å². The van der Waals surface area contributed by atoms with Gasteiger partial charge in [0.1, 0.15) is 11.6 Å². The number of rotatable bonds is 6. The molecular weight excluding hydrogens is 436 g/mol. The molecule has 0 saturated carbocycles. The number of aliphatic imine (C=N–C) groups is 1. The summed E-state index contributed by atoms with van der Waals surface area (Å²) < 4.78 is 10.3. The van der Waals surface area contributed by atoms with Crippen molar-refractivity contribution in [1.82, 2.24) is 20.4 Å². The highest BCUT2D eigenvalue weighted by Crippen LogP contribution is 2.23. The molecule has 0 radical (unpaired) electrons. The summed E-state index contributed by atoms with van der Waals surface area (Å²) in [5.41, 5.74) is 0.297. The van der Waals surface area contributed by atoms with E-state index in [1.807, 2.05) is 23.1 Å². The number of benzene rings is 1. The predicted octanol–water partition coefficient (Wildman–Crippen LogP) is 1.48. The summed E-state index contributed by atoms with van der Waals surface area (Å²) in [5, 5.41) is 15.5.